The molecule has 0 saturated carbocycles. The van der Waals surface area contributed by atoms with E-state index in [1.165, 1.54) is 25.1 Å². The van der Waals surface area contributed by atoms with Crippen LogP contribution < -0.4 is 5.32 Å². The van der Waals surface area contributed by atoms with E-state index < -0.39 is 62.7 Å². The maximum atomic E-state index is 14.4. The summed E-state index contributed by atoms with van der Waals surface area (Å²) in [5, 5.41) is 1.28. The summed E-state index contributed by atoms with van der Waals surface area (Å²) in [6.45, 7) is 6.87. The van der Waals surface area contributed by atoms with Crippen molar-refractivity contribution < 1.29 is 40.7 Å². The quantitative estimate of drug-likeness (QED) is 0.367. The number of hydrogen-bond acceptors (Lipinski definition) is 7. The predicted octanol–water partition coefficient (Wildman–Crippen LogP) is 5.29. The summed E-state index contributed by atoms with van der Waals surface area (Å²) in [6, 6.07) is 2.76. The Bertz CT molecular complexity index is 1600. The van der Waals surface area contributed by atoms with Crippen LogP contribution in [0.15, 0.2) is 50.9 Å². The van der Waals surface area contributed by atoms with Gasteiger partial charge in [-0.25, -0.2) is 18.0 Å². The first-order chi connectivity index (χ1) is 20.8. The number of alkyl carbamates (subject to hydrolysis) is 1. The molecular formula is C29H33Cl2F3N4O6S. The van der Waals surface area contributed by atoms with E-state index >= 15 is 0 Å². The lowest BCUT2D eigenvalue weighted by Crippen LogP contribution is -2.47. The molecule has 1 unspecified atom stereocenters. The van der Waals surface area contributed by atoms with Gasteiger partial charge in [0.1, 0.15) is 5.60 Å². The van der Waals surface area contributed by atoms with Gasteiger partial charge < -0.3 is 10.1 Å². The Morgan fingerprint density at radius 2 is 1.87 bits per heavy atom. The Labute approximate surface area is 269 Å². The number of carbonyl (C=O) groups is 3. The molecular weight excluding hydrogens is 660 g/mol. The minimum atomic E-state index is -4.89. The number of rotatable bonds is 8. The van der Waals surface area contributed by atoms with Crippen molar-refractivity contribution in [1.82, 2.24) is 15.1 Å². The number of nitrogens with one attached hydrogen (secondary N) is 1. The number of aliphatic imine (C=N–C) groups is 1. The van der Waals surface area contributed by atoms with E-state index in [2.05, 4.69) is 10.3 Å². The van der Waals surface area contributed by atoms with Crippen molar-refractivity contribution in [2.45, 2.75) is 62.7 Å². The van der Waals surface area contributed by atoms with Gasteiger partial charge in [-0.3, -0.25) is 14.6 Å². The number of sulfone groups is 1. The molecule has 10 nitrogen and oxygen atoms in total. The van der Waals surface area contributed by atoms with Crippen molar-refractivity contribution in [3.8, 4) is 0 Å². The second kappa shape index (κ2) is 13.0. The minimum absolute atomic E-state index is 0.0144. The molecule has 246 valence electrons. The summed E-state index contributed by atoms with van der Waals surface area (Å²) in [6.07, 6.45) is -4.23. The molecule has 2 atom stereocenters. The molecule has 4 rings (SSSR count). The fraction of sp³-hybridized carbons (Fsp3) is 0.517. The summed E-state index contributed by atoms with van der Waals surface area (Å²) in [7, 11) is -3.80. The van der Waals surface area contributed by atoms with Crippen molar-refractivity contribution >= 4 is 56.8 Å². The molecule has 4 amide bonds. The second-order valence-electron chi connectivity index (χ2n) is 12.0. The molecule has 0 spiro atoms. The minimum Gasteiger partial charge on any atom is -0.444 e. The molecule has 3 aliphatic rings. The maximum absolute atomic E-state index is 14.4. The second-order valence-corrected chi connectivity index (χ2v) is 15.1. The van der Waals surface area contributed by atoms with Crippen LogP contribution in [0.25, 0.3) is 0 Å². The number of urea groups is 1. The first-order valence-corrected chi connectivity index (χ1v) is 16.6. The van der Waals surface area contributed by atoms with Crippen molar-refractivity contribution in [3.05, 3.63) is 51.6 Å². The molecule has 0 bridgehead atoms. The van der Waals surface area contributed by atoms with Crippen molar-refractivity contribution in [2.24, 2.45) is 10.9 Å². The smallest absolute Gasteiger partial charge is 0.416 e. The van der Waals surface area contributed by atoms with Crippen molar-refractivity contribution in [1.29, 1.82) is 0 Å². The largest absolute Gasteiger partial charge is 0.444 e. The maximum Gasteiger partial charge on any atom is 0.416 e. The molecule has 1 fully saturated rings. The molecule has 1 aromatic rings. The van der Waals surface area contributed by atoms with Gasteiger partial charge in [0.25, 0.3) is 5.91 Å². The number of ether oxygens (including phenoxy) is 1. The van der Waals surface area contributed by atoms with Crippen molar-refractivity contribution in [3.63, 3.8) is 0 Å². The Morgan fingerprint density at radius 3 is 2.49 bits per heavy atom. The number of alkyl halides is 4. The Morgan fingerprint density at radius 1 is 1.18 bits per heavy atom. The lowest BCUT2D eigenvalue weighted by Gasteiger charge is -2.33. The Hall–Kier alpha value is -2.94. The summed E-state index contributed by atoms with van der Waals surface area (Å²) in [5.74, 6) is -1.41. The topological polar surface area (TPSA) is 125 Å². The van der Waals surface area contributed by atoms with Crippen LogP contribution in [0.3, 0.4) is 0 Å². The lowest BCUT2D eigenvalue weighted by molar-refractivity contribution is -0.124. The van der Waals surface area contributed by atoms with Crippen LogP contribution in [-0.4, -0.2) is 91.0 Å². The summed E-state index contributed by atoms with van der Waals surface area (Å²) in [5.41, 5.74) is -2.85. The summed E-state index contributed by atoms with van der Waals surface area (Å²) < 4.78 is 73.6. The van der Waals surface area contributed by atoms with Gasteiger partial charge in [0.2, 0.25) is 0 Å². The van der Waals surface area contributed by atoms with Gasteiger partial charge in [-0.15, -0.1) is 11.6 Å². The molecule has 0 radical (unpaired) electrons. The zero-order valence-corrected chi connectivity index (χ0v) is 27.3. The highest BCUT2D eigenvalue weighted by atomic mass is 35.5. The van der Waals surface area contributed by atoms with Gasteiger partial charge in [-0.2, -0.15) is 18.2 Å². The van der Waals surface area contributed by atoms with E-state index in [9.17, 15) is 36.0 Å². The summed E-state index contributed by atoms with van der Waals surface area (Å²) >= 11 is 12.6. The van der Waals surface area contributed by atoms with E-state index in [0.29, 0.717) is 30.5 Å². The molecule has 2 aliphatic heterocycles. The highest BCUT2D eigenvalue weighted by Gasteiger charge is 2.46. The van der Waals surface area contributed by atoms with Crippen molar-refractivity contribution in [2.75, 3.05) is 31.9 Å². The van der Waals surface area contributed by atoms with E-state index in [0.717, 1.165) is 0 Å². The third-order valence-electron chi connectivity index (χ3n) is 7.45. The normalized spacial score (nSPS) is 21.5. The molecule has 16 heteroatoms. The monoisotopic (exact) mass is 692 g/mol. The van der Waals surface area contributed by atoms with Crippen LogP contribution in [0.5, 0.6) is 0 Å². The standard InChI is InChI=1S/C29H33Cl2F3N4O6S/c1-5-45(42,43)22-7-6-18(30)10-17(22)14-38-25(39)19-11-21(29(32,33)34)20(23(31)24(19)36-26(38)40)15-37-9-8-16(13-37)12-35-27(41)44-28(2,3)4/h6-7,10-11,16,23H,5,8-9,12-15H2,1-4H3,(H,35,41)/t16-,23?/m0/s1. The van der Waals surface area contributed by atoms with Gasteiger partial charge in [-0.05, 0) is 75.1 Å². The lowest BCUT2D eigenvalue weighted by atomic mass is 9.87. The zero-order valence-electron chi connectivity index (χ0n) is 25.0. The van der Waals surface area contributed by atoms with Crippen LogP contribution in [0.4, 0.5) is 22.8 Å². The highest BCUT2D eigenvalue weighted by Crippen LogP contribution is 2.40. The summed E-state index contributed by atoms with van der Waals surface area (Å²) in [4.78, 5) is 44.6. The molecule has 0 aromatic heterocycles. The van der Waals surface area contributed by atoms with Crippen LogP contribution >= 0.6 is 23.2 Å². The number of amides is 4. The van der Waals surface area contributed by atoms with Gasteiger partial charge in [0.15, 0.2) is 9.84 Å². The molecule has 1 N–H and O–H groups in total. The number of imide groups is 1. The number of benzene rings is 1. The van der Waals surface area contributed by atoms with Crippen LogP contribution in [-0.2, 0) is 25.9 Å². The Kier molecular flexibility index (Phi) is 10.1. The van der Waals surface area contributed by atoms with Gasteiger partial charge in [0, 0.05) is 24.7 Å². The Balaban J connectivity index is 1.58. The van der Waals surface area contributed by atoms with Gasteiger partial charge in [-0.1, -0.05) is 18.5 Å². The zero-order chi connectivity index (χ0) is 33.5. The average Bonchev–Trinajstić information content (AvgIpc) is 3.37. The fourth-order valence-corrected chi connectivity index (χ4v) is 6.97. The van der Waals surface area contributed by atoms with Gasteiger partial charge in [0.05, 0.1) is 39.4 Å². The van der Waals surface area contributed by atoms with E-state index in [1.807, 2.05) is 0 Å². The van der Waals surface area contributed by atoms with E-state index in [-0.39, 0.29) is 51.5 Å². The van der Waals surface area contributed by atoms with Crippen LogP contribution in [0, 0.1) is 5.92 Å². The number of likely N-dealkylation sites (tertiary alicyclic amines) is 1. The molecule has 1 aromatic carbocycles. The molecule has 45 heavy (non-hydrogen) atoms. The van der Waals surface area contributed by atoms with E-state index in [4.69, 9.17) is 27.9 Å². The van der Waals surface area contributed by atoms with Gasteiger partial charge >= 0.3 is 18.3 Å². The molecule has 1 saturated heterocycles. The third kappa shape index (κ3) is 8.08. The number of nitrogens with zero attached hydrogens (tertiary/aromatic N) is 3. The van der Waals surface area contributed by atoms with E-state index in [1.54, 1.807) is 25.7 Å². The number of allylic oxidation sites excluding steroid dienone is 2. The SMILES string of the molecule is CCS(=O)(=O)c1ccc(Cl)cc1CN1C(=O)N=C2C(=CC(C(F)(F)F)=C(CN3CC[C@@H](CNC(=O)OC(C)(C)C)C3)C2Cl)C1=O. The first-order valence-electron chi connectivity index (χ1n) is 14.1. The fourth-order valence-electron chi connectivity index (χ4n) is 5.31. The first kappa shape index (κ1) is 34.9. The number of carbonyl (C=O) groups excluding carboxylic acids is 3. The molecule has 2 heterocycles. The van der Waals surface area contributed by atoms with Crippen LogP contribution in [0.1, 0.15) is 39.7 Å². The number of halogens is 5. The number of hydrogen-bond donors (Lipinski definition) is 1. The predicted molar refractivity (Wildman–Crippen MR) is 162 cm³/mol. The third-order valence-corrected chi connectivity index (χ3v) is 9.98. The number of fused-ring (bicyclic) bond motifs is 1. The van der Waals surface area contributed by atoms with Crippen LogP contribution in [0.2, 0.25) is 5.02 Å². The highest BCUT2D eigenvalue weighted by molar-refractivity contribution is 7.91. The molecule has 1 aliphatic carbocycles. The average molecular weight is 694 g/mol.